The molecule has 1 fully saturated rings. The zero-order valence-corrected chi connectivity index (χ0v) is 20.5. The summed E-state index contributed by atoms with van der Waals surface area (Å²) in [7, 11) is 2.08. The number of fused-ring (bicyclic) bond motifs is 1. The number of carbonyl (C=O) groups is 1. The van der Waals surface area contributed by atoms with Crippen molar-refractivity contribution in [3.63, 3.8) is 0 Å². The number of piperazine rings is 1. The van der Waals surface area contributed by atoms with Crippen LogP contribution in [0.3, 0.4) is 0 Å². The van der Waals surface area contributed by atoms with Gasteiger partial charge in [-0.2, -0.15) is 0 Å². The molecule has 5 heteroatoms. The number of amides is 1. The van der Waals surface area contributed by atoms with E-state index in [1.807, 2.05) is 23.1 Å². The van der Waals surface area contributed by atoms with E-state index in [9.17, 15) is 4.79 Å². The van der Waals surface area contributed by atoms with Crippen molar-refractivity contribution in [1.82, 2.24) is 9.47 Å². The second-order valence-electron chi connectivity index (χ2n) is 9.23. The van der Waals surface area contributed by atoms with Crippen LogP contribution >= 0.6 is 11.6 Å². The number of carbonyl (C=O) groups excluding carboxylic acids is 1. The highest BCUT2D eigenvalue weighted by molar-refractivity contribution is 6.30. The van der Waals surface area contributed by atoms with Gasteiger partial charge < -0.3 is 14.4 Å². The molecule has 5 rings (SSSR count). The number of aryl methyl sites for hydroxylation is 2. The molecule has 0 spiro atoms. The molecular weight excluding hydrogens is 442 g/mol. The molecule has 0 saturated carbocycles. The van der Waals surface area contributed by atoms with Crippen LogP contribution < -0.4 is 4.90 Å². The van der Waals surface area contributed by atoms with Gasteiger partial charge in [0.25, 0.3) is 0 Å². The van der Waals surface area contributed by atoms with Crippen LogP contribution in [-0.4, -0.2) is 41.6 Å². The van der Waals surface area contributed by atoms with Crippen LogP contribution in [-0.2, 0) is 11.8 Å². The van der Waals surface area contributed by atoms with Crippen molar-refractivity contribution in [1.29, 1.82) is 0 Å². The van der Waals surface area contributed by atoms with Crippen LogP contribution in [0.15, 0.2) is 79.0 Å². The third-order valence-electron chi connectivity index (χ3n) is 6.97. The topological polar surface area (TPSA) is 28.5 Å². The van der Waals surface area contributed by atoms with Crippen LogP contribution in [0.4, 0.5) is 5.69 Å². The zero-order valence-electron chi connectivity index (χ0n) is 19.7. The molecule has 1 aliphatic rings. The number of hydrogen-bond donors (Lipinski definition) is 0. The lowest BCUT2D eigenvalue weighted by atomic mass is 9.87. The molecule has 0 unspecified atom stereocenters. The molecule has 1 amide bonds. The van der Waals surface area contributed by atoms with Crippen molar-refractivity contribution >= 4 is 34.1 Å². The molecule has 174 valence electrons. The van der Waals surface area contributed by atoms with Gasteiger partial charge >= 0.3 is 0 Å². The van der Waals surface area contributed by atoms with Gasteiger partial charge in [0.2, 0.25) is 5.91 Å². The summed E-state index contributed by atoms with van der Waals surface area (Å²) in [5.74, 6) is 0.231. The van der Waals surface area contributed by atoms with Gasteiger partial charge in [-0.1, -0.05) is 65.7 Å². The molecule has 4 aromatic rings. The SMILES string of the molecule is Cc1ccc([C@@H](CC(=O)N2CCN(c3cccc(Cl)c3)CC2)c2cn(C)c3ccccc23)cc1. The van der Waals surface area contributed by atoms with Gasteiger partial charge in [-0.05, 0) is 42.3 Å². The van der Waals surface area contributed by atoms with Crippen molar-refractivity contribution in [3.8, 4) is 0 Å². The van der Waals surface area contributed by atoms with Gasteiger partial charge in [0.05, 0.1) is 0 Å². The Morgan fingerprint density at radius 2 is 1.68 bits per heavy atom. The second-order valence-corrected chi connectivity index (χ2v) is 9.66. The van der Waals surface area contributed by atoms with Gasteiger partial charge in [0.15, 0.2) is 0 Å². The van der Waals surface area contributed by atoms with E-state index in [0.717, 1.165) is 36.9 Å². The number of nitrogens with zero attached hydrogens (tertiary/aromatic N) is 3. The maximum atomic E-state index is 13.5. The summed E-state index contributed by atoms with van der Waals surface area (Å²) in [5.41, 5.74) is 5.94. The summed E-state index contributed by atoms with van der Waals surface area (Å²) < 4.78 is 2.17. The average molecular weight is 472 g/mol. The van der Waals surface area contributed by atoms with Crippen molar-refractivity contribution in [2.24, 2.45) is 7.05 Å². The Labute approximate surface area is 206 Å². The number of benzene rings is 3. The summed E-state index contributed by atoms with van der Waals surface area (Å²) in [4.78, 5) is 17.9. The zero-order chi connectivity index (χ0) is 23.7. The maximum Gasteiger partial charge on any atom is 0.223 e. The summed E-state index contributed by atoms with van der Waals surface area (Å²) >= 11 is 6.18. The summed E-state index contributed by atoms with van der Waals surface area (Å²) in [5, 5.41) is 1.96. The Kier molecular flexibility index (Phi) is 6.34. The molecule has 1 aromatic heterocycles. The van der Waals surface area contributed by atoms with E-state index in [4.69, 9.17) is 11.6 Å². The average Bonchev–Trinajstić information content (AvgIpc) is 3.19. The lowest BCUT2D eigenvalue weighted by molar-refractivity contribution is -0.131. The van der Waals surface area contributed by atoms with E-state index in [0.29, 0.717) is 6.42 Å². The first-order valence-corrected chi connectivity index (χ1v) is 12.3. The predicted molar refractivity (Wildman–Crippen MR) is 141 cm³/mol. The van der Waals surface area contributed by atoms with E-state index >= 15 is 0 Å². The largest absolute Gasteiger partial charge is 0.368 e. The molecular formula is C29H30ClN3O. The first-order valence-electron chi connectivity index (χ1n) is 11.9. The standard InChI is InChI=1S/C29H30ClN3O/c1-21-10-12-22(13-11-21)26(27-20-31(2)28-9-4-3-8-25(27)28)19-29(34)33-16-14-32(15-17-33)24-7-5-6-23(30)18-24/h3-13,18,20,26H,14-17,19H2,1-2H3/t26-/m1/s1. The summed E-state index contributed by atoms with van der Waals surface area (Å²) in [6, 6.07) is 25.0. The number of aromatic nitrogens is 1. The van der Waals surface area contributed by atoms with Crippen molar-refractivity contribution < 1.29 is 4.79 Å². The molecule has 0 radical (unpaired) electrons. The first kappa shape index (κ1) is 22.5. The molecule has 4 nitrogen and oxygen atoms in total. The lowest BCUT2D eigenvalue weighted by Crippen LogP contribution is -2.49. The number of anilines is 1. The molecule has 1 aliphatic heterocycles. The summed E-state index contributed by atoms with van der Waals surface area (Å²) in [6.07, 6.45) is 2.66. The number of para-hydroxylation sites is 1. The third kappa shape index (κ3) is 4.55. The fourth-order valence-corrected chi connectivity index (χ4v) is 5.23. The van der Waals surface area contributed by atoms with Gasteiger partial charge in [-0.25, -0.2) is 0 Å². The van der Waals surface area contributed by atoms with E-state index in [1.54, 1.807) is 0 Å². The van der Waals surface area contributed by atoms with Crippen LogP contribution in [0.25, 0.3) is 10.9 Å². The Hall–Kier alpha value is -3.24. The Morgan fingerprint density at radius 3 is 2.41 bits per heavy atom. The number of hydrogen-bond acceptors (Lipinski definition) is 2. The van der Waals surface area contributed by atoms with Crippen molar-refractivity contribution in [2.75, 3.05) is 31.1 Å². The van der Waals surface area contributed by atoms with Crippen LogP contribution in [0.1, 0.15) is 29.0 Å². The molecule has 1 atom stereocenters. The van der Waals surface area contributed by atoms with E-state index < -0.39 is 0 Å². The molecule has 1 saturated heterocycles. The molecule has 2 heterocycles. The Bertz CT molecular complexity index is 1300. The Balaban J connectivity index is 1.37. The quantitative estimate of drug-likeness (QED) is 0.356. The minimum atomic E-state index is 0.0187. The highest BCUT2D eigenvalue weighted by atomic mass is 35.5. The minimum Gasteiger partial charge on any atom is -0.368 e. The highest BCUT2D eigenvalue weighted by Crippen LogP contribution is 2.35. The third-order valence-corrected chi connectivity index (χ3v) is 7.20. The number of halogens is 1. The molecule has 0 aliphatic carbocycles. The van der Waals surface area contributed by atoms with E-state index in [-0.39, 0.29) is 11.8 Å². The van der Waals surface area contributed by atoms with E-state index in [2.05, 4.69) is 84.2 Å². The first-order chi connectivity index (χ1) is 16.5. The van der Waals surface area contributed by atoms with Crippen molar-refractivity contribution in [2.45, 2.75) is 19.3 Å². The lowest BCUT2D eigenvalue weighted by Gasteiger charge is -2.36. The van der Waals surface area contributed by atoms with Crippen LogP contribution in [0.2, 0.25) is 5.02 Å². The number of rotatable bonds is 5. The molecule has 34 heavy (non-hydrogen) atoms. The fourth-order valence-electron chi connectivity index (χ4n) is 5.05. The Morgan fingerprint density at radius 1 is 0.941 bits per heavy atom. The smallest absolute Gasteiger partial charge is 0.223 e. The fraction of sp³-hybridized carbons (Fsp3) is 0.276. The second kappa shape index (κ2) is 9.55. The monoisotopic (exact) mass is 471 g/mol. The maximum absolute atomic E-state index is 13.5. The minimum absolute atomic E-state index is 0.0187. The molecule has 3 aromatic carbocycles. The van der Waals surface area contributed by atoms with Crippen molar-refractivity contribution in [3.05, 3.63) is 101 Å². The van der Waals surface area contributed by atoms with E-state index in [1.165, 1.54) is 27.6 Å². The van der Waals surface area contributed by atoms with Gasteiger partial charge in [0.1, 0.15) is 0 Å². The predicted octanol–water partition coefficient (Wildman–Crippen LogP) is 6.01. The normalized spacial score (nSPS) is 15.0. The highest BCUT2D eigenvalue weighted by Gasteiger charge is 2.27. The van der Waals surface area contributed by atoms with Crippen LogP contribution in [0, 0.1) is 6.92 Å². The van der Waals surface area contributed by atoms with Gasteiger partial charge in [-0.3, -0.25) is 4.79 Å². The molecule has 0 bridgehead atoms. The van der Waals surface area contributed by atoms with Gasteiger partial charge in [-0.15, -0.1) is 0 Å². The van der Waals surface area contributed by atoms with Crippen LogP contribution in [0.5, 0.6) is 0 Å². The summed E-state index contributed by atoms with van der Waals surface area (Å²) in [6.45, 7) is 5.18. The molecule has 0 N–H and O–H groups in total. The van der Waals surface area contributed by atoms with Gasteiger partial charge in [0, 0.05) is 73.4 Å².